The van der Waals surface area contributed by atoms with Crippen LogP contribution in [0.5, 0.6) is 0 Å². The number of carbonyl (C=O) groups excluding carboxylic acids is 1. The number of carbonyl (C=O) groups is 1. The third kappa shape index (κ3) is 4.50. The topological polar surface area (TPSA) is 29.1 Å². The standard InChI is InChI=1S/C13H12F3NO/c1-2-12(18)17-8-4-6-10-5-3-7-11(9-10)13(14,15)16/h3,5,7,9H,2,8H2,1H3,(H,17,18). The Hall–Kier alpha value is -1.96. The fourth-order valence-electron chi connectivity index (χ4n) is 1.19. The van der Waals surface area contributed by atoms with Crippen LogP contribution < -0.4 is 5.32 Å². The van der Waals surface area contributed by atoms with Crippen molar-refractivity contribution in [3.63, 3.8) is 0 Å². The first kappa shape index (κ1) is 14.1. The molecule has 1 rings (SSSR count). The summed E-state index contributed by atoms with van der Waals surface area (Å²) in [5, 5.41) is 2.51. The monoisotopic (exact) mass is 255 g/mol. The van der Waals surface area contributed by atoms with E-state index >= 15 is 0 Å². The summed E-state index contributed by atoms with van der Waals surface area (Å²) >= 11 is 0. The first-order valence-electron chi connectivity index (χ1n) is 5.36. The van der Waals surface area contributed by atoms with E-state index in [1.165, 1.54) is 12.1 Å². The maximum Gasteiger partial charge on any atom is 0.416 e. The van der Waals surface area contributed by atoms with Gasteiger partial charge in [-0.3, -0.25) is 4.79 Å². The van der Waals surface area contributed by atoms with Gasteiger partial charge in [0.05, 0.1) is 12.1 Å². The molecule has 2 nitrogen and oxygen atoms in total. The van der Waals surface area contributed by atoms with Gasteiger partial charge in [0.2, 0.25) is 5.91 Å². The molecule has 0 spiro atoms. The molecule has 1 aromatic carbocycles. The number of halogens is 3. The molecule has 96 valence electrons. The zero-order valence-electron chi connectivity index (χ0n) is 9.77. The molecule has 0 bridgehead atoms. The predicted molar refractivity (Wildman–Crippen MR) is 61.6 cm³/mol. The van der Waals surface area contributed by atoms with Gasteiger partial charge in [-0.25, -0.2) is 0 Å². The highest BCUT2D eigenvalue weighted by atomic mass is 19.4. The van der Waals surface area contributed by atoms with E-state index in [1.807, 2.05) is 0 Å². The van der Waals surface area contributed by atoms with E-state index in [-0.39, 0.29) is 18.0 Å². The van der Waals surface area contributed by atoms with Gasteiger partial charge in [-0.05, 0) is 18.2 Å². The zero-order chi connectivity index (χ0) is 13.6. The summed E-state index contributed by atoms with van der Waals surface area (Å²) < 4.78 is 37.2. The van der Waals surface area contributed by atoms with Crippen molar-refractivity contribution in [1.82, 2.24) is 5.32 Å². The fourth-order valence-corrected chi connectivity index (χ4v) is 1.19. The number of nitrogens with one attached hydrogen (secondary N) is 1. The molecule has 0 atom stereocenters. The van der Waals surface area contributed by atoms with Crippen LogP contribution in [0.4, 0.5) is 13.2 Å². The molecule has 0 saturated carbocycles. The van der Waals surface area contributed by atoms with Crippen molar-refractivity contribution in [3.8, 4) is 11.8 Å². The Kier molecular flexibility index (Phi) is 4.78. The Morgan fingerprint density at radius 3 is 2.72 bits per heavy atom. The highest BCUT2D eigenvalue weighted by Gasteiger charge is 2.30. The quantitative estimate of drug-likeness (QED) is 0.808. The summed E-state index contributed by atoms with van der Waals surface area (Å²) in [4.78, 5) is 10.9. The van der Waals surface area contributed by atoms with Crippen LogP contribution in [-0.4, -0.2) is 12.5 Å². The molecule has 1 aromatic rings. The Bertz CT molecular complexity index is 483. The number of hydrogen-bond donors (Lipinski definition) is 1. The summed E-state index contributed by atoms with van der Waals surface area (Å²) in [6.45, 7) is 1.83. The molecule has 0 aromatic heterocycles. The molecular weight excluding hydrogens is 243 g/mol. The van der Waals surface area contributed by atoms with E-state index in [0.29, 0.717) is 6.42 Å². The van der Waals surface area contributed by atoms with Crippen LogP contribution in [0.3, 0.4) is 0 Å². The maximum absolute atomic E-state index is 12.4. The third-order valence-electron chi connectivity index (χ3n) is 2.12. The molecule has 0 unspecified atom stereocenters. The molecule has 18 heavy (non-hydrogen) atoms. The summed E-state index contributed by atoms with van der Waals surface area (Å²) in [5.74, 6) is 5.02. The van der Waals surface area contributed by atoms with Gasteiger partial charge in [0.15, 0.2) is 0 Å². The summed E-state index contributed by atoms with van der Waals surface area (Å²) in [6, 6.07) is 4.76. The van der Waals surface area contributed by atoms with E-state index in [0.717, 1.165) is 12.1 Å². The lowest BCUT2D eigenvalue weighted by atomic mass is 10.1. The van der Waals surface area contributed by atoms with Crippen LogP contribution >= 0.6 is 0 Å². The van der Waals surface area contributed by atoms with Gasteiger partial charge in [-0.1, -0.05) is 24.8 Å². The second-order valence-electron chi connectivity index (χ2n) is 3.51. The van der Waals surface area contributed by atoms with E-state index in [2.05, 4.69) is 17.2 Å². The van der Waals surface area contributed by atoms with Gasteiger partial charge in [-0.15, -0.1) is 0 Å². The van der Waals surface area contributed by atoms with Crippen molar-refractivity contribution in [3.05, 3.63) is 35.4 Å². The SMILES string of the molecule is CCC(=O)NCC#Cc1cccc(C(F)(F)F)c1. The zero-order valence-corrected chi connectivity index (χ0v) is 9.77. The normalized spacial score (nSPS) is 10.4. The highest BCUT2D eigenvalue weighted by Crippen LogP contribution is 2.29. The minimum atomic E-state index is -4.37. The van der Waals surface area contributed by atoms with Gasteiger partial charge in [0.1, 0.15) is 0 Å². The van der Waals surface area contributed by atoms with E-state index in [4.69, 9.17) is 0 Å². The van der Waals surface area contributed by atoms with Crippen molar-refractivity contribution in [2.24, 2.45) is 0 Å². The van der Waals surface area contributed by atoms with Crippen LogP contribution in [0.25, 0.3) is 0 Å². The first-order chi connectivity index (χ1) is 8.43. The van der Waals surface area contributed by atoms with Crippen molar-refractivity contribution in [2.75, 3.05) is 6.54 Å². The highest BCUT2D eigenvalue weighted by molar-refractivity contribution is 5.75. The van der Waals surface area contributed by atoms with Crippen molar-refractivity contribution in [2.45, 2.75) is 19.5 Å². The molecule has 1 amide bonds. The first-order valence-corrected chi connectivity index (χ1v) is 5.36. The van der Waals surface area contributed by atoms with Gasteiger partial charge < -0.3 is 5.32 Å². The minimum absolute atomic E-state index is 0.128. The molecule has 0 aliphatic carbocycles. The molecule has 0 heterocycles. The van der Waals surface area contributed by atoms with Gasteiger partial charge in [0, 0.05) is 12.0 Å². The minimum Gasteiger partial charge on any atom is -0.345 e. The lowest BCUT2D eigenvalue weighted by Crippen LogP contribution is -2.22. The number of benzene rings is 1. The van der Waals surface area contributed by atoms with Crippen molar-refractivity contribution >= 4 is 5.91 Å². The smallest absolute Gasteiger partial charge is 0.345 e. The Morgan fingerprint density at radius 1 is 1.39 bits per heavy atom. The lowest BCUT2D eigenvalue weighted by molar-refractivity contribution is -0.137. The second kappa shape index (κ2) is 6.10. The Morgan fingerprint density at radius 2 is 2.11 bits per heavy atom. The molecule has 0 fully saturated rings. The molecule has 5 heteroatoms. The average molecular weight is 255 g/mol. The number of hydrogen-bond acceptors (Lipinski definition) is 1. The van der Waals surface area contributed by atoms with Crippen LogP contribution in [0.1, 0.15) is 24.5 Å². The van der Waals surface area contributed by atoms with E-state index in [1.54, 1.807) is 6.92 Å². The molecular formula is C13H12F3NO. The van der Waals surface area contributed by atoms with Crippen molar-refractivity contribution < 1.29 is 18.0 Å². The largest absolute Gasteiger partial charge is 0.416 e. The van der Waals surface area contributed by atoms with Gasteiger partial charge >= 0.3 is 6.18 Å². The van der Waals surface area contributed by atoms with E-state index in [9.17, 15) is 18.0 Å². The number of rotatable bonds is 2. The average Bonchev–Trinajstić information content (AvgIpc) is 2.33. The van der Waals surface area contributed by atoms with Crippen LogP contribution in [0.15, 0.2) is 24.3 Å². The molecule has 0 aliphatic rings. The molecule has 0 saturated heterocycles. The summed E-state index contributed by atoms with van der Waals surface area (Å²) in [5.41, 5.74) is -0.456. The lowest BCUT2D eigenvalue weighted by Gasteiger charge is -2.05. The summed E-state index contributed by atoms with van der Waals surface area (Å²) in [7, 11) is 0. The fraction of sp³-hybridized carbons (Fsp3) is 0.308. The Labute approximate surface area is 103 Å². The van der Waals surface area contributed by atoms with Gasteiger partial charge in [-0.2, -0.15) is 13.2 Å². The number of amides is 1. The second-order valence-corrected chi connectivity index (χ2v) is 3.51. The molecule has 0 radical (unpaired) electrons. The third-order valence-corrected chi connectivity index (χ3v) is 2.12. The molecule has 1 N–H and O–H groups in total. The van der Waals surface area contributed by atoms with Crippen LogP contribution in [0, 0.1) is 11.8 Å². The van der Waals surface area contributed by atoms with E-state index < -0.39 is 11.7 Å². The number of alkyl halides is 3. The summed E-state index contributed by atoms with van der Waals surface area (Å²) in [6.07, 6.45) is -4.01. The van der Waals surface area contributed by atoms with Crippen LogP contribution in [0.2, 0.25) is 0 Å². The molecule has 0 aliphatic heterocycles. The van der Waals surface area contributed by atoms with Crippen molar-refractivity contribution in [1.29, 1.82) is 0 Å². The predicted octanol–water partition coefficient (Wildman–Crippen LogP) is 2.58. The van der Waals surface area contributed by atoms with Crippen LogP contribution in [-0.2, 0) is 11.0 Å². The maximum atomic E-state index is 12.4. The Balaban J connectivity index is 2.69. The van der Waals surface area contributed by atoms with Gasteiger partial charge in [0.25, 0.3) is 0 Å².